The summed E-state index contributed by atoms with van der Waals surface area (Å²) in [5, 5.41) is 5.51. The molecule has 0 saturated carbocycles. The monoisotopic (exact) mass is 232 g/mol. The van der Waals surface area contributed by atoms with E-state index in [4.69, 9.17) is 5.73 Å². The van der Waals surface area contributed by atoms with Crippen LogP contribution >= 0.6 is 11.3 Å². The Kier molecular flexibility index (Phi) is 3.15. The van der Waals surface area contributed by atoms with E-state index in [-0.39, 0.29) is 0 Å². The summed E-state index contributed by atoms with van der Waals surface area (Å²) in [5.74, 6) is 0. The summed E-state index contributed by atoms with van der Waals surface area (Å²) in [4.78, 5) is 1.32. The molecule has 2 aromatic rings. The zero-order valence-electron chi connectivity index (χ0n) is 9.53. The van der Waals surface area contributed by atoms with E-state index in [0.29, 0.717) is 6.04 Å². The van der Waals surface area contributed by atoms with Crippen molar-refractivity contribution in [3.8, 4) is 0 Å². The maximum atomic E-state index is 5.96. The van der Waals surface area contributed by atoms with Crippen molar-refractivity contribution in [1.82, 2.24) is 0 Å². The van der Waals surface area contributed by atoms with Crippen molar-refractivity contribution < 1.29 is 0 Å². The first kappa shape index (κ1) is 11.0. The molecule has 0 spiro atoms. The highest BCUT2D eigenvalue weighted by atomic mass is 32.1. The van der Waals surface area contributed by atoms with Gasteiger partial charge in [-0.15, -0.1) is 11.3 Å². The van der Waals surface area contributed by atoms with Crippen molar-refractivity contribution in [2.24, 2.45) is 0 Å². The fourth-order valence-electron chi connectivity index (χ4n) is 1.66. The van der Waals surface area contributed by atoms with Crippen LogP contribution in [0.1, 0.15) is 23.4 Å². The Morgan fingerprint density at radius 3 is 2.75 bits per heavy atom. The Morgan fingerprint density at radius 2 is 2.12 bits per heavy atom. The van der Waals surface area contributed by atoms with Gasteiger partial charge in [-0.2, -0.15) is 0 Å². The van der Waals surface area contributed by atoms with E-state index in [1.165, 1.54) is 10.4 Å². The lowest BCUT2D eigenvalue weighted by Crippen LogP contribution is -2.06. The highest BCUT2D eigenvalue weighted by Crippen LogP contribution is 2.26. The van der Waals surface area contributed by atoms with Crippen LogP contribution in [0.15, 0.2) is 35.7 Å². The number of anilines is 2. The Balaban J connectivity index is 2.15. The van der Waals surface area contributed by atoms with Crippen LogP contribution in [-0.4, -0.2) is 0 Å². The van der Waals surface area contributed by atoms with Crippen molar-refractivity contribution in [3.63, 3.8) is 0 Å². The molecule has 2 rings (SSSR count). The SMILES string of the molecule is Cc1ccc(NC(C)c2cccs2)c(N)c1. The van der Waals surface area contributed by atoms with Crippen LogP contribution in [-0.2, 0) is 0 Å². The predicted molar refractivity (Wildman–Crippen MR) is 71.9 cm³/mol. The van der Waals surface area contributed by atoms with E-state index in [9.17, 15) is 0 Å². The van der Waals surface area contributed by atoms with E-state index in [1.54, 1.807) is 11.3 Å². The van der Waals surface area contributed by atoms with Gasteiger partial charge in [-0.1, -0.05) is 12.1 Å². The summed E-state index contributed by atoms with van der Waals surface area (Å²) >= 11 is 1.76. The maximum Gasteiger partial charge on any atom is 0.0579 e. The summed E-state index contributed by atoms with van der Waals surface area (Å²) in [7, 11) is 0. The largest absolute Gasteiger partial charge is 0.397 e. The molecule has 3 N–H and O–H groups in total. The molecule has 0 aliphatic carbocycles. The molecule has 0 fully saturated rings. The van der Waals surface area contributed by atoms with Gasteiger partial charge in [0.05, 0.1) is 17.4 Å². The van der Waals surface area contributed by atoms with Crippen molar-refractivity contribution in [2.45, 2.75) is 19.9 Å². The summed E-state index contributed by atoms with van der Waals surface area (Å²) in [6, 6.07) is 10.6. The number of hydrogen-bond donors (Lipinski definition) is 2. The summed E-state index contributed by atoms with van der Waals surface area (Å²) in [6.07, 6.45) is 0. The highest BCUT2D eigenvalue weighted by molar-refractivity contribution is 7.10. The number of hydrogen-bond acceptors (Lipinski definition) is 3. The number of nitrogens with two attached hydrogens (primary N) is 1. The van der Waals surface area contributed by atoms with Gasteiger partial charge in [-0.25, -0.2) is 0 Å². The molecule has 0 amide bonds. The number of thiophene rings is 1. The molecule has 1 aromatic heterocycles. The first-order chi connectivity index (χ1) is 7.66. The highest BCUT2D eigenvalue weighted by Gasteiger charge is 2.07. The quantitative estimate of drug-likeness (QED) is 0.790. The average molecular weight is 232 g/mol. The van der Waals surface area contributed by atoms with Gasteiger partial charge in [0.25, 0.3) is 0 Å². The van der Waals surface area contributed by atoms with Crippen LogP contribution in [0.5, 0.6) is 0 Å². The van der Waals surface area contributed by atoms with Crippen LogP contribution in [0.2, 0.25) is 0 Å². The minimum absolute atomic E-state index is 0.296. The third kappa shape index (κ3) is 2.36. The number of benzene rings is 1. The van der Waals surface area contributed by atoms with Crippen molar-refractivity contribution >= 4 is 22.7 Å². The Labute approximate surface area is 100 Å². The van der Waals surface area contributed by atoms with Crippen LogP contribution in [0.4, 0.5) is 11.4 Å². The smallest absolute Gasteiger partial charge is 0.0579 e. The predicted octanol–water partition coefficient (Wildman–Crippen LogP) is 3.81. The third-order valence-electron chi connectivity index (χ3n) is 2.55. The molecule has 0 aliphatic heterocycles. The van der Waals surface area contributed by atoms with Crippen LogP contribution in [0.25, 0.3) is 0 Å². The lowest BCUT2D eigenvalue weighted by molar-refractivity contribution is 0.909. The number of aryl methyl sites for hydroxylation is 1. The van der Waals surface area contributed by atoms with Gasteiger partial charge >= 0.3 is 0 Å². The second-order valence-corrected chi connectivity index (χ2v) is 4.95. The molecule has 0 aliphatic rings. The molecular weight excluding hydrogens is 216 g/mol. The first-order valence-electron chi connectivity index (χ1n) is 5.33. The first-order valence-corrected chi connectivity index (χ1v) is 6.21. The second-order valence-electron chi connectivity index (χ2n) is 3.97. The summed E-state index contributed by atoms with van der Waals surface area (Å²) in [6.45, 7) is 4.19. The second kappa shape index (κ2) is 4.58. The van der Waals surface area contributed by atoms with E-state index >= 15 is 0 Å². The van der Waals surface area contributed by atoms with Crippen molar-refractivity contribution in [1.29, 1.82) is 0 Å². The van der Waals surface area contributed by atoms with Gasteiger partial charge in [0.15, 0.2) is 0 Å². The average Bonchev–Trinajstić information content (AvgIpc) is 2.75. The van der Waals surface area contributed by atoms with Gasteiger partial charge in [0.1, 0.15) is 0 Å². The fraction of sp³-hybridized carbons (Fsp3) is 0.231. The third-order valence-corrected chi connectivity index (χ3v) is 3.60. The number of rotatable bonds is 3. The molecule has 1 aromatic carbocycles. The lowest BCUT2D eigenvalue weighted by Gasteiger charge is -2.15. The molecule has 3 heteroatoms. The van der Waals surface area contributed by atoms with Crippen LogP contribution in [0, 0.1) is 6.92 Å². The van der Waals surface area contributed by atoms with Gasteiger partial charge in [0.2, 0.25) is 0 Å². The summed E-state index contributed by atoms with van der Waals surface area (Å²) in [5.41, 5.74) is 8.97. The van der Waals surface area contributed by atoms with Crippen LogP contribution in [0.3, 0.4) is 0 Å². The molecule has 2 nitrogen and oxygen atoms in total. The van der Waals surface area contributed by atoms with Gasteiger partial charge in [0, 0.05) is 4.88 Å². The molecule has 1 heterocycles. The van der Waals surface area contributed by atoms with E-state index in [0.717, 1.165) is 11.4 Å². The zero-order chi connectivity index (χ0) is 11.5. The zero-order valence-corrected chi connectivity index (χ0v) is 10.3. The summed E-state index contributed by atoms with van der Waals surface area (Å²) < 4.78 is 0. The standard InChI is InChI=1S/C13H16N2S/c1-9-5-6-12(11(14)8-9)15-10(2)13-4-3-7-16-13/h3-8,10,15H,14H2,1-2H3. The molecule has 0 radical (unpaired) electrons. The topological polar surface area (TPSA) is 38.0 Å². The number of nitrogens with one attached hydrogen (secondary N) is 1. The van der Waals surface area contributed by atoms with Gasteiger partial charge in [-0.05, 0) is 43.0 Å². The maximum absolute atomic E-state index is 5.96. The Hall–Kier alpha value is -1.48. The van der Waals surface area contributed by atoms with Gasteiger partial charge < -0.3 is 11.1 Å². The molecule has 0 bridgehead atoms. The molecule has 1 atom stereocenters. The molecule has 1 unspecified atom stereocenters. The van der Waals surface area contributed by atoms with E-state index in [2.05, 4.69) is 35.8 Å². The Morgan fingerprint density at radius 1 is 1.31 bits per heavy atom. The van der Waals surface area contributed by atoms with Crippen molar-refractivity contribution in [3.05, 3.63) is 46.2 Å². The Bertz CT molecular complexity index is 463. The van der Waals surface area contributed by atoms with Crippen LogP contribution < -0.4 is 11.1 Å². The molecule has 0 saturated heterocycles. The fourth-order valence-corrected chi connectivity index (χ4v) is 2.39. The molecule has 84 valence electrons. The van der Waals surface area contributed by atoms with E-state index < -0.39 is 0 Å². The molecular formula is C13H16N2S. The number of nitrogen functional groups attached to an aromatic ring is 1. The van der Waals surface area contributed by atoms with Crippen molar-refractivity contribution in [2.75, 3.05) is 11.1 Å². The normalized spacial score (nSPS) is 12.4. The molecule has 16 heavy (non-hydrogen) atoms. The minimum atomic E-state index is 0.296. The van der Waals surface area contributed by atoms with Gasteiger partial charge in [-0.3, -0.25) is 0 Å². The minimum Gasteiger partial charge on any atom is -0.397 e. The van der Waals surface area contributed by atoms with E-state index in [1.807, 2.05) is 19.1 Å². The lowest BCUT2D eigenvalue weighted by atomic mass is 10.1.